The Balaban J connectivity index is 2.24. The van der Waals surface area contributed by atoms with Gasteiger partial charge in [-0.05, 0) is 37.3 Å². The third kappa shape index (κ3) is 2.81. The Bertz CT molecular complexity index is 482. The van der Waals surface area contributed by atoms with Gasteiger partial charge in [0.1, 0.15) is 6.17 Å². The first kappa shape index (κ1) is 14.1. The van der Waals surface area contributed by atoms with Crippen molar-refractivity contribution in [2.45, 2.75) is 46.3 Å². The van der Waals surface area contributed by atoms with Crippen LogP contribution in [0, 0.1) is 19.8 Å². The van der Waals surface area contributed by atoms with Crippen molar-refractivity contribution >= 4 is 5.91 Å². The van der Waals surface area contributed by atoms with Crippen LogP contribution >= 0.6 is 0 Å². The lowest BCUT2D eigenvalue weighted by atomic mass is 10.0. The van der Waals surface area contributed by atoms with Crippen LogP contribution in [-0.4, -0.2) is 23.9 Å². The van der Waals surface area contributed by atoms with Crippen LogP contribution in [0.25, 0.3) is 0 Å². The largest absolute Gasteiger partial charge is 0.325 e. The minimum absolute atomic E-state index is 0.0110. The van der Waals surface area contributed by atoms with Crippen molar-refractivity contribution in [3.63, 3.8) is 0 Å². The summed E-state index contributed by atoms with van der Waals surface area (Å²) < 4.78 is 0. The molecular formula is C16H24N2O. The van der Waals surface area contributed by atoms with E-state index in [1.54, 1.807) is 0 Å². The molecule has 1 aliphatic heterocycles. The van der Waals surface area contributed by atoms with Gasteiger partial charge in [-0.15, -0.1) is 0 Å². The summed E-state index contributed by atoms with van der Waals surface area (Å²) in [4.78, 5) is 14.1. The molecule has 0 bridgehead atoms. The predicted molar refractivity (Wildman–Crippen MR) is 77.8 cm³/mol. The number of carbonyl (C=O) groups is 1. The zero-order valence-corrected chi connectivity index (χ0v) is 12.5. The van der Waals surface area contributed by atoms with E-state index >= 15 is 0 Å². The molecule has 2 atom stereocenters. The van der Waals surface area contributed by atoms with E-state index in [0.717, 1.165) is 6.42 Å². The highest BCUT2D eigenvalue weighted by Gasteiger charge is 2.37. The molecule has 0 spiro atoms. The number of carbonyl (C=O) groups excluding carboxylic acids is 1. The van der Waals surface area contributed by atoms with Crippen LogP contribution in [0.1, 0.15) is 43.1 Å². The van der Waals surface area contributed by atoms with E-state index in [-0.39, 0.29) is 18.1 Å². The molecule has 1 aromatic carbocycles. The van der Waals surface area contributed by atoms with Crippen molar-refractivity contribution in [1.29, 1.82) is 0 Å². The first-order chi connectivity index (χ1) is 8.90. The highest BCUT2D eigenvalue weighted by Crippen LogP contribution is 2.28. The van der Waals surface area contributed by atoms with E-state index in [1.165, 1.54) is 16.7 Å². The SMILES string of the molecule is Cc1ccc(C2NC(CC(C)C)C(=O)N2C)c(C)c1. The van der Waals surface area contributed by atoms with Gasteiger partial charge in [0.2, 0.25) is 5.91 Å². The topological polar surface area (TPSA) is 32.3 Å². The third-order valence-corrected chi connectivity index (χ3v) is 3.82. The summed E-state index contributed by atoms with van der Waals surface area (Å²) in [5, 5.41) is 3.47. The molecule has 1 aromatic rings. The molecule has 3 nitrogen and oxygen atoms in total. The maximum absolute atomic E-state index is 12.3. The normalized spacial score (nSPS) is 23.5. The van der Waals surface area contributed by atoms with Crippen molar-refractivity contribution in [3.8, 4) is 0 Å². The number of rotatable bonds is 3. The predicted octanol–water partition coefficient (Wildman–Crippen LogP) is 2.78. The molecule has 2 rings (SSSR count). The quantitative estimate of drug-likeness (QED) is 0.906. The number of aryl methyl sites for hydroxylation is 2. The average molecular weight is 260 g/mol. The van der Waals surface area contributed by atoms with Crippen LogP contribution in [-0.2, 0) is 4.79 Å². The maximum Gasteiger partial charge on any atom is 0.241 e. The fourth-order valence-corrected chi connectivity index (χ4v) is 2.82. The van der Waals surface area contributed by atoms with Gasteiger partial charge in [-0.2, -0.15) is 0 Å². The molecule has 1 N–H and O–H groups in total. The molecule has 1 heterocycles. The molecule has 3 heteroatoms. The summed E-state index contributed by atoms with van der Waals surface area (Å²) in [7, 11) is 1.89. The van der Waals surface area contributed by atoms with E-state index in [1.807, 2.05) is 11.9 Å². The molecular weight excluding hydrogens is 236 g/mol. The van der Waals surface area contributed by atoms with Crippen LogP contribution in [0.2, 0.25) is 0 Å². The second-order valence-corrected chi connectivity index (χ2v) is 6.06. The fraction of sp³-hybridized carbons (Fsp3) is 0.562. The number of amides is 1. The Labute approximate surface area is 116 Å². The van der Waals surface area contributed by atoms with E-state index in [4.69, 9.17) is 0 Å². The monoisotopic (exact) mass is 260 g/mol. The summed E-state index contributed by atoms with van der Waals surface area (Å²) in [5.74, 6) is 0.728. The number of hydrogen-bond donors (Lipinski definition) is 1. The number of nitrogens with zero attached hydrogens (tertiary/aromatic N) is 1. The standard InChI is InChI=1S/C16H24N2O/c1-10(2)8-14-16(19)18(5)15(17-14)13-7-6-11(3)9-12(13)4/h6-7,9-10,14-15,17H,8H2,1-5H3. The number of nitrogens with one attached hydrogen (secondary N) is 1. The van der Waals surface area contributed by atoms with Crippen LogP contribution in [0.15, 0.2) is 18.2 Å². The summed E-state index contributed by atoms with van der Waals surface area (Å²) in [6.07, 6.45) is 0.904. The summed E-state index contributed by atoms with van der Waals surface area (Å²) in [6.45, 7) is 8.51. The molecule has 0 aliphatic carbocycles. The Morgan fingerprint density at radius 2 is 2.00 bits per heavy atom. The molecule has 0 saturated carbocycles. The highest BCUT2D eigenvalue weighted by atomic mass is 16.2. The zero-order valence-electron chi connectivity index (χ0n) is 12.5. The minimum atomic E-state index is -0.0456. The van der Waals surface area contributed by atoms with E-state index in [0.29, 0.717) is 5.92 Å². The van der Waals surface area contributed by atoms with Gasteiger partial charge < -0.3 is 4.90 Å². The minimum Gasteiger partial charge on any atom is -0.325 e. The second kappa shape index (κ2) is 5.33. The molecule has 19 heavy (non-hydrogen) atoms. The van der Waals surface area contributed by atoms with Crippen LogP contribution in [0.4, 0.5) is 0 Å². The van der Waals surface area contributed by atoms with Crippen molar-refractivity contribution in [2.75, 3.05) is 7.05 Å². The number of benzene rings is 1. The van der Waals surface area contributed by atoms with Gasteiger partial charge in [0.15, 0.2) is 0 Å². The molecule has 1 saturated heterocycles. The molecule has 1 fully saturated rings. The lowest BCUT2D eigenvalue weighted by Gasteiger charge is -2.21. The maximum atomic E-state index is 12.3. The first-order valence-electron chi connectivity index (χ1n) is 7.00. The Morgan fingerprint density at radius 3 is 2.58 bits per heavy atom. The smallest absolute Gasteiger partial charge is 0.241 e. The van der Waals surface area contributed by atoms with E-state index < -0.39 is 0 Å². The second-order valence-electron chi connectivity index (χ2n) is 6.06. The van der Waals surface area contributed by atoms with E-state index in [9.17, 15) is 4.79 Å². The first-order valence-corrected chi connectivity index (χ1v) is 7.00. The van der Waals surface area contributed by atoms with Crippen LogP contribution < -0.4 is 5.32 Å². The zero-order chi connectivity index (χ0) is 14.2. The summed E-state index contributed by atoms with van der Waals surface area (Å²) in [6, 6.07) is 6.36. The van der Waals surface area contributed by atoms with Gasteiger partial charge >= 0.3 is 0 Å². The summed E-state index contributed by atoms with van der Waals surface area (Å²) in [5.41, 5.74) is 3.70. The number of likely N-dealkylation sites (N-methyl/N-ethyl adjacent to an activating group) is 1. The molecule has 2 unspecified atom stereocenters. The molecule has 0 aromatic heterocycles. The Kier molecular flexibility index (Phi) is 3.95. The van der Waals surface area contributed by atoms with Crippen molar-refractivity contribution < 1.29 is 4.79 Å². The van der Waals surface area contributed by atoms with Gasteiger partial charge in [-0.3, -0.25) is 10.1 Å². The van der Waals surface area contributed by atoms with Gasteiger partial charge in [0.05, 0.1) is 6.04 Å². The van der Waals surface area contributed by atoms with Gasteiger partial charge in [-0.1, -0.05) is 37.6 Å². The van der Waals surface area contributed by atoms with Gasteiger partial charge in [0, 0.05) is 7.05 Å². The molecule has 0 radical (unpaired) electrons. The lowest BCUT2D eigenvalue weighted by molar-refractivity contribution is -0.129. The van der Waals surface area contributed by atoms with Gasteiger partial charge in [-0.25, -0.2) is 0 Å². The third-order valence-electron chi connectivity index (χ3n) is 3.82. The summed E-state index contributed by atoms with van der Waals surface area (Å²) >= 11 is 0. The van der Waals surface area contributed by atoms with Crippen molar-refractivity contribution in [1.82, 2.24) is 10.2 Å². The Morgan fingerprint density at radius 1 is 1.32 bits per heavy atom. The van der Waals surface area contributed by atoms with Gasteiger partial charge in [0.25, 0.3) is 0 Å². The molecule has 104 valence electrons. The van der Waals surface area contributed by atoms with Crippen molar-refractivity contribution in [2.24, 2.45) is 5.92 Å². The molecule has 1 aliphatic rings. The van der Waals surface area contributed by atoms with Crippen molar-refractivity contribution in [3.05, 3.63) is 34.9 Å². The van der Waals surface area contributed by atoms with Crippen LogP contribution in [0.3, 0.4) is 0 Å². The molecule has 1 amide bonds. The highest BCUT2D eigenvalue weighted by molar-refractivity contribution is 5.84. The fourth-order valence-electron chi connectivity index (χ4n) is 2.82. The average Bonchev–Trinajstić information content (AvgIpc) is 2.57. The van der Waals surface area contributed by atoms with Crippen LogP contribution in [0.5, 0.6) is 0 Å². The van der Waals surface area contributed by atoms with E-state index in [2.05, 4.69) is 51.2 Å². The lowest BCUT2D eigenvalue weighted by Crippen LogP contribution is -2.30. The Hall–Kier alpha value is -1.35. The number of hydrogen-bond acceptors (Lipinski definition) is 2.